The highest BCUT2D eigenvalue weighted by Crippen LogP contribution is 2.25. The summed E-state index contributed by atoms with van der Waals surface area (Å²) in [7, 11) is 0. The van der Waals surface area contributed by atoms with Crippen LogP contribution in [0.15, 0.2) is 40.9 Å². The first-order valence-corrected chi connectivity index (χ1v) is 7.77. The molecule has 21 heavy (non-hydrogen) atoms. The molecule has 0 spiro atoms. The molecule has 112 valence electrons. The van der Waals surface area contributed by atoms with Crippen LogP contribution in [0.1, 0.15) is 23.6 Å². The predicted octanol–water partition coefficient (Wildman–Crippen LogP) is 4.59. The number of aryl methyl sites for hydroxylation is 1. The van der Waals surface area contributed by atoms with Crippen LogP contribution in [0.3, 0.4) is 0 Å². The van der Waals surface area contributed by atoms with Crippen molar-refractivity contribution < 1.29 is 9.13 Å². The molecule has 2 rings (SSSR count). The molecule has 0 aromatic heterocycles. The SMILES string of the molecule is CCNCc1cccc(C)c1OCc1ccc(Br)cc1F. The molecule has 0 aliphatic carbocycles. The average Bonchev–Trinajstić information content (AvgIpc) is 2.45. The van der Waals surface area contributed by atoms with Gasteiger partial charge in [0.2, 0.25) is 0 Å². The Morgan fingerprint density at radius 1 is 1.19 bits per heavy atom. The molecule has 0 radical (unpaired) electrons. The number of ether oxygens (including phenoxy) is 1. The summed E-state index contributed by atoms with van der Waals surface area (Å²) in [5.74, 6) is 0.576. The molecule has 2 nitrogen and oxygen atoms in total. The predicted molar refractivity (Wildman–Crippen MR) is 87.0 cm³/mol. The highest BCUT2D eigenvalue weighted by Gasteiger charge is 2.09. The summed E-state index contributed by atoms with van der Waals surface area (Å²) < 4.78 is 20.4. The van der Waals surface area contributed by atoms with Gasteiger partial charge >= 0.3 is 0 Å². The van der Waals surface area contributed by atoms with E-state index in [0.717, 1.165) is 34.4 Å². The molecule has 0 amide bonds. The van der Waals surface area contributed by atoms with Crippen LogP contribution >= 0.6 is 15.9 Å². The summed E-state index contributed by atoms with van der Waals surface area (Å²) in [6, 6.07) is 11.1. The van der Waals surface area contributed by atoms with Gasteiger partial charge in [-0.05, 0) is 31.2 Å². The minimum atomic E-state index is -0.258. The van der Waals surface area contributed by atoms with Gasteiger partial charge in [0.15, 0.2) is 0 Å². The van der Waals surface area contributed by atoms with Crippen molar-refractivity contribution in [1.82, 2.24) is 5.32 Å². The van der Waals surface area contributed by atoms with Crippen molar-refractivity contribution in [2.45, 2.75) is 27.0 Å². The van der Waals surface area contributed by atoms with E-state index >= 15 is 0 Å². The Hall–Kier alpha value is -1.39. The Bertz CT molecular complexity index is 616. The lowest BCUT2D eigenvalue weighted by Crippen LogP contribution is -2.13. The van der Waals surface area contributed by atoms with Crippen molar-refractivity contribution in [2.24, 2.45) is 0 Å². The van der Waals surface area contributed by atoms with Gasteiger partial charge in [-0.2, -0.15) is 0 Å². The van der Waals surface area contributed by atoms with Gasteiger partial charge in [-0.3, -0.25) is 0 Å². The van der Waals surface area contributed by atoms with E-state index < -0.39 is 0 Å². The summed E-state index contributed by atoms with van der Waals surface area (Å²) in [6.07, 6.45) is 0. The summed E-state index contributed by atoms with van der Waals surface area (Å²) in [5, 5.41) is 3.29. The van der Waals surface area contributed by atoms with Gasteiger partial charge in [0.25, 0.3) is 0 Å². The van der Waals surface area contributed by atoms with Gasteiger partial charge in [0, 0.05) is 22.1 Å². The topological polar surface area (TPSA) is 21.3 Å². The summed E-state index contributed by atoms with van der Waals surface area (Å²) >= 11 is 3.25. The highest BCUT2D eigenvalue weighted by atomic mass is 79.9. The van der Waals surface area contributed by atoms with E-state index in [1.54, 1.807) is 6.07 Å². The molecule has 0 aliphatic heterocycles. The second-order valence-corrected chi connectivity index (χ2v) is 5.78. The van der Waals surface area contributed by atoms with Crippen LogP contribution in [0, 0.1) is 12.7 Å². The second kappa shape index (κ2) is 7.57. The largest absolute Gasteiger partial charge is 0.488 e. The molecule has 4 heteroatoms. The number of benzene rings is 2. The lowest BCUT2D eigenvalue weighted by molar-refractivity contribution is 0.294. The monoisotopic (exact) mass is 351 g/mol. The normalized spacial score (nSPS) is 10.7. The van der Waals surface area contributed by atoms with Crippen molar-refractivity contribution in [3.05, 3.63) is 63.4 Å². The van der Waals surface area contributed by atoms with Crippen molar-refractivity contribution in [3.8, 4) is 5.75 Å². The quantitative estimate of drug-likeness (QED) is 0.821. The third-order valence-electron chi connectivity index (χ3n) is 3.25. The van der Waals surface area contributed by atoms with Crippen molar-refractivity contribution >= 4 is 15.9 Å². The first kappa shape index (κ1) is 16.0. The zero-order valence-corrected chi connectivity index (χ0v) is 13.8. The zero-order valence-electron chi connectivity index (χ0n) is 12.2. The summed E-state index contributed by atoms with van der Waals surface area (Å²) in [4.78, 5) is 0. The molecule has 0 aliphatic rings. The fourth-order valence-electron chi connectivity index (χ4n) is 2.11. The van der Waals surface area contributed by atoms with E-state index in [1.165, 1.54) is 6.07 Å². The van der Waals surface area contributed by atoms with Gasteiger partial charge in [0.05, 0.1) is 0 Å². The number of para-hydroxylation sites is 1. The molecule has 0 unspecified atom stereocenters. The van der Waals surface area contributed by atoms with E-state index in [0.29, 0.717) is 5.56 Å². The minimum Gasteiger partial charge on any atom is -0.488 e. The van der Waals surface area contributed by atoms with Crippen LogP contribution in [0.5, 0.6) is 5.75 Å². The first-order chi connectivity index (χ1) is 10.1. The molecule has 0 saturated carbocycles. The fourth-order valence-corrected chi connectivity index (χ4v) is 2.44. The lowest BCUT2D eigenvalue weighted by atomic mass is 10.1. The molecule has 2 aromatic carbocycles. The Labute approximate surface area is 133 Å². The van der Waals surface area contributed by atoms with Gasteiger partial charge < -0.3 is 10.1 Å². The molecule has 0 bridgehead atoms. The Balaban J connectivity index is 2.15. The molecular formula is C17H19BrFNO. The van der Waals surface area contributed by atoms with Gasteiger partial charge in [0.1, 0.15) is 18.2 Å². The number of rotatable bonds is 6. The van der Waals surface area contributed by atoms with Crippen LogP contribution in [0.25, 0.3) is 0 Å². The standard InChI is InChI=1S/C17H19BrFNO/c1-3-20-10-13-6-4-5-12(2)17(13)21-11-14-7-8-15(18)9-16(14)19/h4-9,20H,3,10-11H2,1-2H3. The molecule has 2 aromatic rings. The molecular weight excluding hydrogens is 333 g/mol. The molecule has 0 atom stereocenters. The smallest absolute Gasteiger partial charge is 0.130 e. The first-order valence-electron chi connectivity index (χ1n) is 6.97. The summed E-state index contributed by atoms with van der Waals surface area (Å²) in [5.41, 5.74) is 2.70. The third kappa shape index (κ3) is 4.29. The third-order valence-corrected chi connectivity index (χ3v) is 3.74. The van der Waals surface area contributed by atoms with Gasteiger partial charge in [-0.1, -0.05) is 47.1 Å². The molecule has 0 heterocycles. The zero-order chi connectivity index (χ0) is 15.2. The van der Waals surface area contributed by atoms with E-state index in [4.69, 9.17) is 4.74 Å². The fraction of sp³-hybridized carbons (Fsp3) is 0.294. The van der Waals surface area contributed by atoms with Crippen molar-refractivity contribution in [2.75, 3.05) is 6.54 Å². The van der Waals surface area contributed by atoms with E-state index in [-0.39, 0.29) is 12.4 Å². The van der Waals surface area contributed by atoms with Crippen LogP contribution < -0.4 is 10.1 Å². The Kier molecular flexibility index (Phi) is 5.76. The lowest BCUT2D eigenvalue weighted by Gasteiger charge is -2.15. The molecule has 0 saturated heterocycles. The van der Waals surface area contributed by atoms with Crippen LogP contribution in [-0.2, 0) is 13.2 Å². The number of hydrogen-bond donors (Lipinski definition) is 1. The molecule has 1 N–H and O–H groups in total. The Morgan fingerprint density at radius 3 is 2.71 bits per heavy atom. The van der Waals surface area contributed by atoms with Gasteiger partial charge in [-0.15, -0.1) is 0 Å². The van der Waals surface area contributed by atoms with Gasteiger partial charge in [-0.25, -0.2) is 4.39 Å². The minimum absolute atomic E-state index is 0.225. The second-order valence-electron chi connectivity index (χ2n) is 4.87. The van der Waals surface area contributed by atoms with E-state index in [2.05, 4.69) is 28.2 Å². The van der Waals surface area contributed by atoms with E-state index in [9.17, 15) is 4.39 Å². The number of halogens is 2. The summed E-state index contributed by atoms with van der Waals surface area (Å²) in [6.45, 7) is 5.93. The van der Waals surface area contributed by atoms with Crippen LogP contribution in [0.4, 0.5) is 4.39 Å². The van der Waals surface area contributed by atoms with Crippen molar-refractivity contribution in [1.29, 1.82) is 0 Å². The van der Waals surface area contributed by atoms with Crippen molar-refractivity contribution in [3.63, 3.8) is 0 Å². The Morgan fingerprint density at radius 2 is 2.00 bits per heavy atom. The number of nitrogens with one attached hydrogen (secondary N) is 1. The maximum Gasteiger partial charge on any atom is 0.130 e. The maximum atomic E-state index is 13.8. The van der Waals surface area contributed by atoms with Crippen LogP contribution in [-0.4, -0.2) is 6.54 Å². The van der Waals surface area contributed by atoms with Crippen LogP contribution in [0.2, 0.25) is 0 Å². The average molecular weight is 352 g/mol. The van der Waals surface area contributed by atoms with E-state index in [1.807, 2.05) is 31.2 Å². The number of hydrogen-bond acceptors (Lipinski definition) is 2. The molecule has 0 fully saturated rings. The maximum absolute atomic E-state index is 13.8. The highest BCUT2D eigenvalue weighted by molar-refractivity contribution is 9.10.